The van der Waals surface area contributed by atoms with E-state index in [2.05, 4.69) is 8.92 Å². The average molecular weight is 246 g/mol. The number of ether oxygens (including phenoxy) is 1. The molecule has 0 fully saturated rings. The summed E-state index contributed by atoms with van der Waals surface area (Å²) in [5.41, 5.74) is 0. The van der Waals surface area contributed by atoms with Crippen LogP contribution in [0.1, 0.15) is 0 Å². The molecule has 0 radical (unpaired) electrons. The highest BCUT2D eigenvalue weighted by atomic mass is 32.2. The molecule has 88 valence electrons. The predicted molar refractivity (Wildman–Crippen MR) is 53.3 cm³/mol. The first-order valence-corrected chi connectivity index (χ1v) is 5.62. The zero-order chi connectivity index (χ0) is 12.2. The fourth-order valence-electron chi connectivity index (χ4n) is 0.865. The van der Waals surface area contributed by atoms with Gasteiger partial charge in [0.05, 0.1) is 12.0 Å². The quantitative estimate of drug-likeness (QED) is 0.605. The maximum atomic E-state index is 11.5. The van der Waals surface area contributed by atoms with E-state index in [0.29, 0.717) is 0 Å². The van der Waals surface area contributed by atoms with E-state index in [4.69, 9.17) is 5.11 Å². The van der Waals surface area contributed by atoms with E-state index in [9.17, 15) is 13.2 Å². The van der Waals surface area contributed by atoms with Crippen molar-refractivity contribution < 1.29 is 27.2 Å². The summed E-state index contributed by atoms with van der Waals surface area (Å²) in [4.78, 5) is 10.5. The molecule has 1 N–H and O–H groups in total. The summed E-state index contributed by atoms with van der Waals surface area (Å²) in [5.74, 6) is -0.853. The summed E-state index contributed by atoms with van der Waals surface area (Å²) in [5, 5.41) is 8.97. The van der Waals surface area contributed by atoms with Gasteiger partial charge in [-0.3, -0.25) is 4.18 Å². The number of benzene rings is 1. The molecule has 0 atom stereocenters. The monoisotopic (exact) mass is 246 g/mol. The van der Waals surface area contributed by atoms with Gasteiger partial charge in [-0.15, -0.1) is 0 Å². The molecular formula is C9H10O6S. The van der Waals surface area contributed by atoms with E-state index in [-0.39, 0.29) is 10.6 Å². The SMILES string of the molecule is COC(=O)COS(=O)(=O)c1ccc(O)cc1. The molecule has 6 nitrogen and oxygen atoms in total. The smallest absolute Gasteiger partial charge is 0.333 e. The molecule has 0 aliphatic heterocycles. The lowest BCUT2D eigenvalue weighted by Gasteiger charge is -2.04. The highest BCUT2D eigenvalue weighted by Gasteiger charge is 2.17. The van der Waals surface area contributed by atoms with Crippen molar-refractivity contribution in [2.75, 3.05) is 13.7 Å². The Morgan fingerprint density at radius 3 is 2.38 bits per heavy atom. The van der Waals surface area contributed by atoms with E-state index >= 15 is 0 Å². The Kier molecular flexibility index (Phi) is 3.86. The number of esters is 1. The van der Waals surface area contributed by atoms with Crippen molar-refractivity contribution in [3.8, 4) is 5.75 Å². The lowest BCUT2D eigenvalue weighted by molar-refractivity contribution is -0.142. The molecule has 0 aliphatic rings. The van der Waals surface area contributed by atoms with Gasteiger partial charge < -0.3 is 9.84 Å². The predicted octanol–water partition coefficient (Wildman–Crippen LogP) is 0.271. The number of carbonyl (C=O) groups excluding carboxylic acids is 1. The van der Waals surface area contributed by atoms with Crippen molar-refractivity contribution in [3.05, 3.63) is 24.3 Å². The van der Waals surface area contributed by atoms with Crippen molar-refractivity contribution in [2.45, 2.75) is 4.90 Å². The summed E-state index contributed by atoms with van der Waals surface area (Å²) in [6.07, 6.45) is 0. The maximum absolute atomic E-state index is 11.5. The molecule has 0 saturated carbocycles. The van der Waals surface area contributed by atoms with Gasteiger partial charge in [-0.25, -0.2) is 4.79 Å². The van der Waals surface area contributed by atoms with Crippen LogP contribution in [-0.4, -0.2) is 33.2 Å². The van der Waals surface area contributed by atoms with Crippen molar-refractivity contribution in [1.82, 2.24) is 0 Å². The van der Waals surface area contributed by atoms with E-state index in [1.165, 1.54) is 24.3 Å². The second kappa shape index (κ2) is 4.95. The van der Waals surface area contributed by atoms with Crippen LogP contribution in [-0.2, 0) is 23.8 Å². The maximum Gasteiger partial charge on any atom is 0.333 e. The van der Waals surface area contributed by atoms with Gasteiger partial charge in [0.1, 0.15) is 5.75 Å². The Morgan fingerprint density at radius 2 is 1.88 bits per heavy atom. The molecule has 7 heteroatoms. The molecule has 0 saturated heterocycles. The Balaban J connectivity index is 2.78. The zero-order valence-electron chi connectivity index (χ0n) is 8.41. The third-order valence-electron chi connectivity index (χ3n) is 1.68. The molecule has 0 aliphatic carbocycles. The molecular weight excluding hydrogens is 236 g/mol. The standard InChI is InChI=1S/C9H10O6S/c1-14-9(11)6-15-16(12,13)8-4-2-7(10)3-5-8/h2-5,10H,6H2,1H3. The number of aromatic hydroxyl groups is 1. The molecule has 1 rings (SSSR count). The highest BCUT2D eigenvalue weighted by Crippen LogP contribution is 2.16. The van der Waals surface area contributed by atoms with Crippen molar-refractivity contribution in [1.29, 1.82) is 0 Å². The van der Waals surface area contributed by atoms with Crippen molar-refractivity contribution in [2.24, 2.45) is 0 Å². The van der Waals surface area contributed by atoms with Gasteiger partial charge in [-0.2, -0.15) is 8.42 Å². The Hall–Kier alpha value is -1.60. The van der Waals surface area contributed by atoms with Crippen molar-refractivity contribution in [3.63, 3.8) is 0 Å². The lowest BCUT2D eigenvalue weighted by Crippen LogP contribution is -2.15. The van der Waals surface area contributed by atoms with Crippen LogP contribution in [0.25, 0.3) is 0 Å². The van der Waals surface area contributed by atoms with Crippen LogP contribution in [0.3, 0.4) is 0 Å². The van der Waals surface area contributed by atoms with Gasteiger partial charge in [-0.1, -0.05) is 0 Å². The number of phenolic OH excluding ortho intramolecular Hbond substituents is 1. The van der Waals surface area contributed by atoms with E-state index < -0.39 is 22.7 Å². The van der Waals surface area contributed by atoms with Crippen LogP contribution in [0.5, 0.6) is 5.75 Å². The molecule has 0 amide bonds. The third kappa shape index (κ3) is 3.21. The minimum absolute atomic E-state index is 0.0630. The first-order chi connectivity index (χ1) is 7.45. The summed E-state index contributed by atoms with van der Waals surface area (Å²) in [6.45, 7) is -0.681. The van der Waals surface area contributed by atoms with Crippen LogP contribution < -0.4 is 0 Å². The second-order valence-electron chi connectivity index (χ2n) is 2.79. The molecule has 1 aromatic carbocycles. The minimum atomic E-state index is -3.99. The molecule has 0 aromatic heterocycles. The van der Waals surface area contributed by atoms with Gasteiger partial charge in [0, 0.05) is 0 Å². The Labute approximate surface area is 92.5 Å². The second-order valence-corrected chi connectivity index (χ2v) is 4.40. The molecule has 0 unspecified atom stereocenters. The number of hydrogen-bond donors (Lipinski definition) is 1. The minimum Gasteiger partial charge on any atom is -0.508 e. The van der Waals surface area contributed by atoms with Crippen molar-refractivity contribution >= 4 is 16.1 Å². The van der Waals surface area contributed by atoms with Crippen LogP contribution in [0, 0.1) is 0 Å². The van der Waals surface area contributed by atoms with Gasteiger partial charge >= 0.3 is 5.97 Å². The summed E-state index contributed by atoms with van der Waals surface area (Å²) in [7, 11) is -2.87. The average Bonchev–Trinajstić information content (AvgIpc) is 2.26. The first kappa shape index (κ1) is 12.5. The Morgan fingerprint density at radius 1 is 1.31 bits per heavy atom. The van der Waals surface area contributed by atoms with Gasteiger partial charge in [-0.05, 0) is 24.3 Å². The number of methoxy groups -OCH3 is 1. The largest absolute Gasteiger partial charge is 0.508 e. The van der Waals surface area contributed by atoms with Crippen LogP contribution in [0.15, 0.2) is 29.2 Å². The normalized spacial score (nSPS) is 11.1. The molecule has 0 heterocycles. The fourth-order valence-corrected chi connectivity index (χ4v) is 1.72. The van der Waals surface area contributed by atoms with E-state index in [1.54, 1.807) is 0 Å². The number of phenols is 1. The van der Waals surface area contributed by atoms with Gasteiger partial charge in [0.15, 0.2) is 6.61 Å². The van der Waals surface area contributed by atoms with Crippen LogP contribution in [0.2, 0.25) is 0 Å². The Bertz CT molecular complexity index is 461. The first-order valence-electron chi connectivity index (χ1n) is 4.21. The summed E-state index contributed by atoms with van der Waals surface area (Å²) >= 11 is 0. The summed E-state index contributed by atoms with van der Waals surface area (Å²) in [6, 6.07) is 4.74. The molecule has 1 aromatic rings. The van der Waals surface area contributed by atoms with E-state index in [0.717, 1.165) is 7.11 Å². The highest BCUT2D eigenvalue weighted by molar-refractivity contribution is 7.86. The van der Waals surface area contributed by atoms with E-state index in [1.807, 2.05) is 0 Å². The topological polar surface area (TPSA) is 89.9 Å². The number of hydrogen-bond acceptors (Lipinski definition) is 6. The number of carbonyl (C=O) groups is 1. The zero-order valence-corrected chi connectivity index (χ0v) is 9.23. The third-order valence-corrected chi connectivity index (χ3v) is 2.96. The molecule has 16 heavy (non-hydrogen) atoms. The van der Waals surface area contributed by atoms with Crippen LogP contribution in [0.4, 0.5) is 0 Å². The number of rotatable bonds is 4. The summed E-state index contributed by atoms with van der Waals surface area (Å²) < 4.78 is 31.6. The fraction of sp³-hybridized carbons (Fsp3) is 0.222. The van der Waals surface area contributed by atoms with Gasteiger partial charge in [0.25, 0.3) is 10.1 Å². The van der Waals surface area contributed by atoms with Crippen LogP contribution >= 0.6 is 0 Å². The molecule has 0 bridgehead atoms. The van der Waals surface area contributed by atoms with Gasteiger partial charge in [0.2, 0.25) is 0 Å². The molecule has 0 spiro atoms. The lowest BCUT2D eigenvalue weighted by atomic mass is 10.3.